The first kappa shape index (κ1) is 18.8. The number of nitrogens with one attached hydrogen (secondary N) is 1. The van der Waals surface area contributed by atoms with Gasteiger partial charge >= 0.3 is 0 Å². The summed E-state index contributed by atoms with van der Waals surface area (Å²) in [6, 6.07) is 14.4. The van der Waals surface area contributed by atoms with Gasteiger partial charge < -0.3 is 15.0 Å². The van der Waals surface area contributed by atoms with Gasteiger partial charge in [-0.25, -0.2) is 0 Å². The minimum Gasteiger partial charge on any atom is -0.497 e. The van der Waals surface area contributed by atoms with Crippen LogP contribution in [-0.4, -0.2) is 30.4 Å². The monoisotopic (exact) mass is 360 g/mol. The fraction of sp³-hybridized carbons (Fsp3) is 0.263. The molecular weight excluding hydrogens is 340 g/mol. The number of anilines is 1. The average Bonchev–Trinajstić information content (AvgIpc) is 2.60. The quantitative estimate of drug-likeness (QED) is 0.818. The number of carbonyl (C=O) groups excluding carboxylic acids is 2. The van der Waals surface area contributed by atoms with Crippen molar-refractivity contribution in [3.63, 3.8) is 0 Å². The molecule has 2 amide bonds. The fourth-order valence-corrected chi connectivity index (χ4v) is 2.42. The molecule has 0 bridgehead atoms. The van der Waals surface area contributed by atoms with Crippen LogP contribution in [0.2, 0.25) is 5.02 Å². The van der Waals surface area contributed by atoms with Gasteiger partial charge in [-0.15, -0.1) is 0 Å². The predicted molar refractivity (Wildman–Crippen MR) is 98.8 cm³/mol. The lowest BCUT2D eigenvalue weighted by Crippen LogP contribution is -2.31. The molecule has 0 radical (unpaired) electrons. The van der Waals surface area contributed by atoms with Gasteiger partial charge in [0.25, 0.3) is 0 Å². The minimum absolute atomic E-state index is 0.0767. The summed E-state index contributed by atoms with van der Waals surface area (Å²) >= 11 is 5.87. The summed E-state index contributed by atoms with van der Waals surface area (Å²) in [5.74, 6) is 0.503. The van der Waals surface area contributed by atoms with Crippen molar-refractivity contribution in [1.82, 2.24) is 4.90 Å². The van der Waals surface area contributed by atoms with E-state index in [0.717, 1.165) is 11.3 Å². The van der Waals surface area contributed by atoms with Crippen molar-refractivity contribution in [2.24, 2.45) is 0 Å². The van der Waals surface area contributed by atoms with Crippen LogP contribution in [0.1, 0.15) is 18.9 Å². The molecule has 0 aliphatic rings. The number of rotatable bonds is 7. The van der Waals surface area contributed by atoms with E-state index in [-0.39, 0.29) is 18.2 Å². The van der Waals surface area contributed by atoms with Crippen LogP contribution in [-0.2, 0) is 16.1 Å². The number of nitrogens with zero attached hydrogens (tertiary/aromatic N) is 1. The highest BCUT2D eigenvalue weighted by molar-refractivity contribution is 6.30. The molecule has 0 aliphatic heterocycles. The van der Waals surface area contributed by atoms with Crippen LogP contribution in [0.25, 0.3) is 0 Å². The van der Waals surface area contributed by atoms with E-state index in [1.54, 1.807) is 48.4 Å². The Balaban J connectivity index is 1.87. The smallest absolute Gasteiger partial charge is 0.226 e. The molecule has 0 saturated heterocycles. The Morgan fingerprint density at radius 2 is 1.72 bits per heavy atom. The molecule has 1 N–H and O–H groups in total. The van der Waals surface area contributed by atoms with Crippen LogP contribution in [0.4, 0.5) is 5.69 Å². The molecule has 0 spiro atoms. The molecule has 0 atom stereocenters. The van der Waals surface area contributed by atoms with Crippen molar-refractivity contribution < 1.29 is 14.3 Å². The van der Waals surface area contributed by atoms with E-state index in [9.17, 15) is 9.59 Å². The van der Waals surface area contributed by atoms with Crippen LogP contribution in [0.3, 0.4) is 0 Å². The van der Waals surface area contributed by atoms with E-state index < -0.39 is 0 Å². The van der Waals surface area contributed by atoms with E-state index in [2.05, 4.69) is 5.32 Å². The van der Waals surface area contributed by atoms with Gasteiger partial charge in [-0.05, 0) is 42.0 Å². The first-order valence-corrected chi connectivity index (χ1v) is 8.29. The highest BCUT2D eigenvalue weighted by Crippen LogP contribution is 2.15. The molecule has 0 saturated carbocycles. The second-order valence-electron chi connectivity index (χ2n) is 5.59. The van der Waals surface area contributed by atoms with Crippen molar-refractivity contribution >= 4 is 29.1 Å². The van der Waals surface area contributed by atoms with Crippen LogP contribution in [0, 0.1) is 0 Å². The van der Waals surface area contributed by atoms with Gasteiger partial charge in [-0.1, -0.05) is 23.7 Å². The van der Waals surface area contributed by atoms with Crippen molar-refractivity contribution in [3.05, 3.63) is 59.1 Å². The van der Waals surface area contributed by atoms with Gasteiger partial charge in [0.1, 0.15) is 5.75 Å². The van der Waals surface area contributed by atoms with Gasteiger partial charge in [0, 0.05) is 37.1 Å². The fourth-order valence-electron chi connectivity index (χ4n) is 2.29. The summed E-state index contributed by atoms with van der Waals surface area (Å²) in [5, 5.41) is 3.46. The topological polar surface area (TPSA) is 58.6 Å². The van der Waals surface area contributed by atoms with E-state index in [1.807, 2.05) is 12.1 Å². The Morgan fingerprint density at radius 3 is 2.28 bits per heavy atom. The molecule has 2 rings (SSSR count). The maximum absolute atomic E-state index is 12.1. The molecule has 0 aromatic heterocycles. The number of carbonyl (C=O) groups is 2. The lowest BCUT2D eigenvalue weighted by atomic mass is 10.2. The molecule has 0 aliphatic carbocycles. The Kier molecular flexibility index (Phi) is 6.83. The largest absolute Gasteiger partial charge is 0.497 e. The van der Waals surface area contributed by atoms with E-state index in [4.69, 9.17) is 16.3 Å². The maximum atomic E-state index is 12.1. The molecule has 5 nitrogen and oxygen atoms in total. The highest BCUT2D eigenvalue weighted by Gasteiger charge is 2.12. The maximum Gasteiger partial charge on any atom is 0.226 e. The van der Waals surface area contributed by atoms with Crippen LogP contribution in [0.15, 0.2) is 48.5 Å². The molecule has 25 heavy (non-hydrogen) atoms. The number of hydrogen-bond acceptors (Lipinski definition) is 3. The van der Waals surface area contributed by atoms with Gasteiger partial charge in [-0.3, -0.25) is 9.59 Å². The minimum atomic E-state index is -0.146. The molecule has 2 aromatic carbocycles. The Hall–Kier alpha value is -2.53. The van der Waals surface area contributed by atoms with Crippen molar-refractivity contribution in [3.8, 4) is 5.75 Å². The zero-order chi connectivity index (χ0) is 18.2. The predicted octanol–water partition coefficient (Wildman–Crippen LogP) is 3.73. The second-order valence-corrected chi connectivity index (χ2v) is 6.03. The summed E-state index contributed by atoms with van der Waals surface area (Å²) in [6.45, 7) is 2.29. The summed E-state index contributed by atoms with van der Waals surface area (Å²) < 4.78 is 5.08. The standard InChI is InChI=1S/C19H21ClN2O3/c1-14(23)22(13-15-3-5-16(20)6-4-15)12-11-19(24)21-17-7-9-18(25-2)10-8-17/h3-10H,11-13H2,1-2H3,(H,21,24). The first-order chi connectivity index (χ1) is 12.0. The molecule has 0 heterocycles. The van der Waals surface area contributed by atoms with Crippen molar-refractivity contribution in [2.75, 3.05) is 19.0 Å². The number of hydrogen-bond donors (Lipinski definition) is 1. The van der Waals surface area contributed by atoms with Crippen molar-refractivity contribution in [1.29, 1.82) is 0 Å². The third kappa shape index (κ3) is 6.12. The number of ether oxygens (including phenoxy) is 1. The third-order valence-corrected chi connectivity index (χ3v) is 3.97. The van der Waals surface area contributed by atoms with Crippen LogP contribution >= 0.6 is 11.6 Å². The SMILES string of the molecule is COc1ccc(NC(=O)CCN(Cc2ccc(Cl)cc2)C(C)=O)cc1. The number of methoxy groups -OCH3 is 1. The third-order valence-electron chi connectivity index (χ3n) is 3.71. The highest BCUT2D eigenvalue weighted by atomic mass is 35.5. The van der Waals surface area contributed by atoms with E-state index in [0.29, 0.717) is 23.8 Å². The van der Waals surface area contributed by atoms with E-state index >= 15 is 0 Å². The molecule has 132 valence electrons. The van der Waals surface area contributed by atoms with Gasteiger partial charge in [0.05, 0.1) is 7.11 Å². The van der Waals surface area contributed by atoms with Crippen LogP contribution in [0.5, 0.6) is 5.75 Å². The number of benzene rings is 2. The number of amides is 2. The summed E-state index contributed by atoms with van der Waals surface area (Å²) in [6.07, 6.45) is 0.221. The zero-order valence-electron chi connectivity index (χ0n) is 14.3. The van der Waals surface area contributed by atoms with Crippen LogP contribution < -0.4 is 10.1 Å². The lowest BCUT2D eigenvalue weighted by Gasteiger charge is -2.21. The average molecular weight is 361 g/mol. The summed E-state index contributed by atoms with van der Waals surface area (Å²) in [7, 11) is 1.59. The van der Waals surface area contributed by atoms with Gasteiger partial charge in [0.15, 0.2) is 0 Å². The zero-order valence-corrected chi connectivity index (χ0v) is 15.0. The molecule has 0 unspecified atom stereocenters. The molecule has 2 aromatic rings. The first-order valence-electron chi connectivity index (χ1n) is 7.92. The summed E-state index contributed by atoms with van der Waals surface area (Å²) in [5.41, 5.74) is 1.66. The summed E-state index contributed by atoms with van der Waals surface area (Å²) in [4.78, 5) is 25.5. The normalized spacial score (nSPS) is 10.2. The van der Waals surface area contributed by atoms with Gasteiger partial charge in [0.2, 0.25) is 11.8 Å². The lowest BCUT2D eigenvalue weighted by molar-refractivity contribution is -0.129. The van der Waals surface area contributed by atoms with Gasteiger partial charge in [-0.2, -0.15) is 0 Å². The second kappa shape index (κ2) is 9.08. The molecule has 0 fully saturated rings. The Morgan fingerprint density at radius 1 is 1.08 bits per heavy atom. The Labute approximate surface area is 152 Å². The number of halogens is 1. The Bertz CT molecular complexity index is 714. The molecular formula is C19H21ClN2O3. The van der Waals surface area contributed by atoms with Crippen molar-refractivity contribution in [2.45, 2.75) is 19.9 Å². The van der Waals surface area contributed by atoms with E-state index in [1.165, 1.54) is 6.92 Å². The molecule has 6 heteroatoms.